The number of amides is 1. The molecule has 3 aromatic carbocycles. The van der Waals surface area contributed by atoms with Crippen molar-refractivity contribution >= 4 is 46.2 Å². The van der Waals surface area contributed by atoms with Gasteiger partial charge >= 0.3 is 0 Å². The molecule has 0 saturated carbocycles. The van der Waals surface area contributed by atoms with Gasteiger partial charge in [0.25, 0.3) is 5.91 Å². The fourth-order valence-corrected chi connectivity index (χ4v) is 3.86. The van der Waals surface area contributed by atoms with Crippen LogP contribution in [0.2, 0.25) is 10.0 Å². The molecule has 1 amide bonds. The van der Waals surface area contributed by atoms with Gasteiger partial charge in [-0.25, -0.2) is 5.43 Å². The fraction of sp³-hybridized carbons (Fsp3) is 0.0833. The zero-order chi connectivity index (χ0) is 21.1. The second kappa shape index (κ2) is 8.74. The summed E-state index contributed by atoms with van der Waals surface area (Å²) in [5, 5.41) is 6.45. The molecule has 0 bridgehead atoms. The van der Waals surface area contributed by atoms with Crippen LogP contribution in [0.5, 0.6) is 0 Å². The Morgan fingerprint density at radius 1 is 1.07 bits per heavy atom. The highest BCUT2D eigenvalue weighted by Gasteiger charge is 2.10. The van der Waals surface area contributed by atoms with Crippen LogP contribution in [0.1, 0.15) is 27.0 Å². The summed E-state index contributed by atoms with van der Waals surface area (Å²) in [4.78, 5) is 12.4. The van der Waals surface area contributed by atoms with E-state index in [1.807, 2.05) is 67.7 Å². The Morgan fingerprint density at radius 2 is 1.83 bits per heavy atom. The number of aromatic nitrogens is 1. The first-order valence-electron chi connectivity index (χ1n) is 9.44. The molecule has 4 nitrogen and oxygen atoms in total. The number of halogens is 2. The Morgan fingerprint density at radius 3 is 2.63 bits per heavy atom. The summed E-state index contributed by atoms with van der Waals surface area (Å²) in [7, 11) is 0. The molecule has 0 unspecified atom stereocenters. The number of hydrogen-bond acceptors (Lipinski definition) is 2. The van der Waals surface area contributed by atoms with E-state index in [0.29, 0.717) is 22.2 Å². The van der Waals surface area contributed by atoms with E-state index in [-0.39, 0.29) is 5.91 Å². The average molecular weight is 436 g/mol. The molecule has 0 saturated heterocycles. The predicted octanol–water partition coefficient (Wildman–Crippen LogP) is 6.07. The van der Waals surface area contributed by atoms with Crippen LogP contribution >= 0.6 is 23.2 Å². The number of fused-ring (bicyclic) bond motifs is 1. The molecule has 0 aliphatic carbocycles. The number of hydrazone groups is 1. The van der Waals surface area contributed by atoms with Gasteiger partial charge in [-0.1, -0.05) is 65.7 Å². The first-order valence-corrected chi connectivity index (χ1v) is 10.2. The number of carbonyl (C=O) groups is 1. The van der Waals surface area contributed by atoms with E-state index in [1.54, 1.807) is 18.3 Å². The number of hydrogen-bond donors (Lipinski definition) is 1. The third-order valence-electron chi connectivity index (χ3n) is 4.93. The van der Waals surface area contributed by atoms with Gasteiger partial charge in [0.15, 0.2) is 0 Å². The third kappa shape index (κ3) is 4.25. The molecule has 4 rings (SSSR count). The van der Waals surface area contributed by atoms with E-state index in [4.69, 9.17) is 23.2 Å². The zero-order valence-corrected chi connectivity index (χ0v) is 17.8. The van der Waals surface area contributed by atoms with Crippen LogP contribution in [0.25, 0.3) is 10.9 Å². The molecular formula is C24H19Cl2N3O. The quantitative estimate of drug-likeness (QED) is 0.300. The highest BCUT2D eigenvalue weighted by Crippen LogP contribution is 2.25. The molecule has 1 heterocycles. The number of para-hydroxylation sites is 1. The molecule has 0 radical (unpaired) electrons. The van der Waals surface area contributed by atoms with E-state index < -0.39 is 0 Å². The molecule has 0 spiro atoms. The maximum Gasteiger partial charge on any atom is 0.271 e. The number of rotatable bonds is 5. The minimum atomic E-state index is -0.235. The van der Waals surface area contributed by atoms with Crippen molar-refractivity contribution < 1.29 is 4.79 Å². The van der Waals surface area contributed by atoms with Crippen LogP contribution in [0.3, 0.4) is 0 Å². The molecule has 0 aliphatic heterocycles. The van der Waals surface area contributed by atoms with E-state index in [9.17, 15) is 4.79 Å². The normalized spacial score (nSPS) is 11.3. The number of aryl methyl sites for hydroxylation is 1. The minimum Gasteiger partial charge on any atom is -0.342 e. The summed E-state index contributed by atoms with van der Waals surface area (Å²) in [6.45, 7) is 2.49. The Balaban J connectivity index is 1.60. The SMILES string of the molecule is Cc1ccccc1C(=O)N/N=C/c1cn(Cc2ccc(Cl)cc2Cl)c2ccccc12. The van der Waals surface area contributed by atoms with Crippen molar-refractivity contribution in [3.8, 4) is 0 Å². The average Bonchev–Trinajstić information content (AvgIpc) is 3.08. The summed E-state index contributed by atoms with van der Waals surface area (Å²) in [6, 6.07) is 21.0. The number of nitrogens with zero attached hydrogens (tertiary/aromatic N) is 2. The van der Waals surface area contributed by atoms with Crippen molar-refractivity contribution in [2.75, 3.05) is 0 Å². The number of benzene rings is 3. The third-order valence-corrected chi connectivity index (χ3v) is 5.52. The zero-order valence-electron chi connectivity index (χ0n) is 16.3. The molecule has 1 aromatic heterocycles. The van der Waals surface area contributed by atoms with Gasteiger partial charge in [-0.15, -0.1) is 0 Å². The lowest BCUT2D eigenvalue weighted by Crippen LogP contribution is -2.18. The molecule has 0 aliphatic rings. The van der Waals surface area contributed by atoms with Crippen LogP contribution < -0.4 is 5.43 Å². The summed E-state index contributed by atoms with van der Waals surface area (Å²) in [5.41, 5.74) is 7.05. The van der Waals surface area contributed by atoms with Gasteiger partial charge in [-0.2, -0.15) is 5.10 Å². The monoisotopic (exact) mass is 435 g/mol. The van der Waals surface area contributed by atoms with Crippen LogP contribution in [-0.2, 0) is 6.54 Å². The maximum atomic E-state index is 12.4. The maximum absolute atomic E-state index is 12.4. The van der Waals surface area contributed by atoms with Crippen molar-refractivity contribution in [3.63, 3.8) is 0 Å². The summed E-state index contributed by atoms with van der Waals surface area (Å²) in [6.07, 6.45) is 3.66. The van der Waals surface area contributed by atoms with Gasteiger partial charge in [0.05, 0.1) is 6.21 Å². The Labute approximate surface area is 184 Å². The lowest BCUT2D eigenvalue weighted by Gasteiger charge is -2.08. The van der Waals surface area contributed by atoms with Crippen LogP contribution in [0.15, 0.2) is 78.0 Å². The lowest BCUT2D eigenvalue weighted by molar-refractivity contribution is 0.0954. The first-order chi connectivity index (χ1) is 14.5. The molecule has 0 fully saturated rings. The van der Waals surface area contributed by atoms with Crippen LogP contribution in [0.4, 0.5) is 0 Å². The van der Waals surface area contributed by atoms with Crippen LogP contribution in [-0.4, -0.2) is 16.7 Å². The van der Waals surface area contributed by atoms with Gasteiger partial charge < -0.3 is 4.57 Å². The standard InChI is InChI=1S/C24H19Cl2N3O/c1-16-6-2-3-7-20(16)24(30)28-27-13-18-15-29(23-9-5-4-8-21(18)23)14-17-10-11-19(25)12-22(17)26/h2-13,15H,14H2,1H3,(H,28,30)/b27-13+. The summed E-state index contributed by atoms with van der Waals surface area (Å²) < 4.78 is 2.11. The molecule has 6 heteroatoms. The fourth-order valence-electron chi connectivity index (χ4n) is 3.39. The largest absolute Gasteiger partial charge is 0.342 e. The Hall–Kier alpha value is -3.08. The van der Waals surface area contributed by atoms with Gasteiger partial charge in [-0.05, 0) is 42.3 Å². The lowest BCUT2D eigenvalue weighted by atomic mass is 10.1. The van der Waals surface area contributed by atoms with E-state index >= 15 is 0 Å². The molecule has 1 N–H and O–H groups in total. The highest BCUT2D eigenvalue weighted by atomic mass is 35.5. The molecular weight excluding hydrogens is 417 g/mol. The Bertz CT molecular complexity index is 1260. The van der Waals surface area contributed by atoms with Gasteiger partial charge in [0, 0.05) is 44.8 Å². The van der Waals surface area contributed by atoms with E-state index in [1.165, 1.54) is 0 Å². The van der Waals surface area contributed by atoms with E-state index in [0.717, 1.165) is 27.6 Å². The van der Waals surface area contributed by atoms with Gasteiger partial charge in [0.2, 0.25) is 0 Å². The molecule has 0 atom stereocenters. The topological polar surface area (TPSA) is 46.4 Å². The van der Waals surface area contributed by atoms with Crippen molar-refractivity contribution in [1.29, 1.82) is 0 Å². The Kier molecular flexibility index (Phi) is 5.88. The van der Waals surface area contributed by atoms with Crippen molar-refractivity contribution in [3.05, 3.63) is 105 Å². The molecule has 4 aromatic rings. The predicted molar refractivity (Wildman–Crippen MR) is 124 cm³/mol. The first kappa shape index (κ1) is 20.2. The molecule has 30 heavy (non-hydrogen) atoms. The van der Waals surface area contributed by atoms with Crippen molar-refractivity contribution in [1.82, 2.24) is 9.99 Å². The van der Waals surface area contributed by atoms with Crippen LogP contribution in [0, 0.1) is 6.92 Å². The molecule has 150 valence electrons. The van der Waals surface area contributed by atoms with E-state index in [2.05, 4.69) is 15.1 Å². The van der Waals surface area contributed by atoms with Gasteiger partial charge in [-0.3, -0.25) is 4.79 Å². The minimum absolute atomic E-state index is 0.235. The second-order valence-corrected chi connectivity index (χ2v) is 7.82. The smallest absolute Gasteiger partial charge is 0.271 e. The number of carbonyl (C=O) groups excluding carboxylic acids is 1. The summed E-state index contributed by atoms with van der Waals surface area (Å²) >= 11 is 12.4. The number of nitrogens with one attached hydrogen (secondary N) is 1. The summed E-state index contributed by atoms with van der Waals surface area (Å²) in [5.74, 6) is -0.235. The second-order valence-electron chi connectivity index (χ2n) is 6.98. The highest BCUT2D eigenvalue weighted by molar-refractivity contribution is 6.35. The van der Waals surface area contributed by atoms with Crippen molar-refractivity contribution in [2.24, 2.45) is 5.10 Å². The van der Waals surface area contributed by atoms with Gasteiger partial charge in [0.1, 0.15) is 0 Å². The van der Waals surface area contributed by atoms with Crippen molar-refractivity contribution in [2.45, 2.75) is 13.5 Å².